The lowest BCUT2D eigenvalue weighted by Gasteiger charge is -2.05. The first-order valence-corrected chi connectivity index (χ1v) is 6.73. The standard InChI is InChI=1S/C15H16N4O4/c1-10-14(15(23-3)18(2)17-10)16-13(20)8-7-11-5-4-6-12(9-11)19(21)22/h4-9H,1-3H3,(H,16,20). The van der Waals surface area contributed by atoms with Crippen LogP contribution in [0.5, 0.6) is 5.88 Å². The van der Waals surface area contributed by atoms with Gasteiger partial charge in [0.05, 0.1) is 17.7 Å². The maximum Gasteiger partial charge on any atom is 0.270 e. The maximum absolute atomic E-state index is 12.0. The Labute approximate surface area is 132 Å². The van der Waals surface area contributed by atoms with Crippen LogP contribution in [0.15, 0.2) is 30.3 Å². The first-order chi connectivity index (χ1) is 10.9. The van der Waals surface area contributed by atoms with E-state index in [4.69, 9.17) is 4.74 Å². The van der Waals surface area contributed by atoms with Crippen molar-refractivity contribution in [2.24, 2.45) is 7.05 Å². The van der Waals surface area contributed by atoms with Gasteiger partial charge in [-0.3, -0.25) is 14.9 Å². The Morgan fingerprint density at radius 1 is 1.48 bits per heavy atom. The Bertz CT molecular complexity index is 780. The van der Waals surface area contributed by atoms with Gasteiger partial charge in [-0.1, -0.05) is 12.1 Å². The topological polar surface area (TPSA) is 99.3 Å². The van der Waals surface area contributed by atoms with E-state index < -0.39 is 4.92 Å². The molecule has 8 heteroatoms. The number of nitrogens with one attached hydrogen (secondary N) is 1. The lowest BCUT2D eigenvalue weighted by molar-refractivity contribution is -0.384. The molecule has 2 rings (SSSR count). The third-order valence-electron chi connectivity index (χ3n) is 3.12. The molecule has 120 valence electrons. The zero-order chi connectivity index (χ0) is 17.0. The van der Waals surface area contributed by atoms with E-state index in [2.05, 4.69) is 10.4 Å². The number of nitrogens with zero attached hydrogens (tertiary/aromatic N) is 3. The number of methoxy groups -OCH3 is 1. The number of non-ortho nitro benzene ring substituents is 1. The van der Waals surface area contributed by atoms with Crippen LogP contribution < -0.4 is 10.1 Å². The van der Waals surface area contributed by atoms with Gasteiger partial charge in [0, 0.05) is 25.3 Å². The molecule has 1 aromatic carbocycles. The largest absolute Gasteiger partial charge is 0.480 e. The minimum Gasteiger partial charge on any atom is -0.480 e. The maximum atomic E-state index is 12.0. The summed E-state index contributed by atoms with van der Waals surface area (Å²) in [5.41, 5.74) is 1.65. The number of rotatable bonds is 5. The summed E-state index contributed by atoms with van der Waals surface area (Å²) in [7, 11) is 3.20. The highest BCUT2D eigenvalue weighted by atomic mass is 16.6. The van der Waals surface area contributed by atoms with Crippen molar-refractivity contribution in [1.82, 2.24) is 9.78 Å². The van der Waals surface area contributed by atoms with E-state index in [1.807, 2.05) is 0 Å². The minimum absolute atomic E-state index is 0.0302. The Morgan fingerprint density at radius 3 is 2.87 bits per heavy atom. The average molecular weight is 316 g/mol. The summed E-state index contributed by atoms with van der Waals surface area (Å²) in [4.78, 5) is 22.2. The molecule has 8 nitrogen and oxygen atoms in total. The molecular weight excluding hydrogens is 300 g/mol. The van der Waals surface area contributed by atoms with Gasteiger partial charge in [0.2, 0.25) is 11.8 Å². The molecule has 0 atom stereocenters. The van der Waals surface area contributed by atoms with Gasteiger partial charge in [0.25, 0.3) is 5.69 Å². The number of nitro benzene ring substituents is 1. The molecule has 0 aliphatic carbocycles. The fourth-order valence-electron chi connectivity index (χ4n) is 2.09. The molecule has 1 N–H and O–H groups in total. The van der Waals surface area contributed by atoms with Crippen molar-refractivity contribution in [2.75, 3.05) is 12.4 Å². The second-order valence-electron chi connectivity index (χ2n) is 4.77. The summed E-state index contributed by atoms with van der Waals surface area (Å²) in [6.07, 6.45) is 2.80. The molecule has 0 spiro atoms. The molecular formula is C15H16N4O4. The zero-order valence-electron chi connectivity index (χ0n) is 12.9. The molecule has 0 aliphatic heterocycles. The Balaban J connectivity index is 2.14. The first kappa shape index (κ1) is 16.2. The van der Waals surface area contributed by atoms with Crippen LogP contribution in [0.2, 0.25) is 0 Å². The van der Waals surface area contributed by atoms with Crippen molar-refractivity contribution in [1.29, 1.82) is 0 Å². The lowest BCUT2D eigenvalue weighted by Crippen LogP contribution is -2.09. The average Bonchev–Trinajstić information content (AvgIpc) is 2.78. The number of benzene rings is 1. The second-order valence-corrected chi connectivity index (χ2v) is 4.77. The fourth-order valence-corrected chi connectivity index (χ4v) is 2.09. The number of hydrogen-bond donors (Lipinski definition) is 1. The van der Waals surface area contributed by atoms with Crippen molar-refractivity contribution in [2.45, 2.75) is 6.92 Å². The van der Waals surface area contributed by atoms with Crippen molar-refractivity contribution in [3.63, 3.8) is 0 Å². The molecule has 0 unspecified atom stereocenters. The van der Waals surface area contributed by atoms with Crippen molar-refractivity contribution in [3.8, 4) is 5.88 Å². The van der Waals surface area contributed by atoms with Crippen molar-refractivity contribution < 1.29 is 14.5 Å². The van der Waals surface area contributed by atoms with Crippen LogP contribution in [0, 0.1) is 17.0 Å². The number of aromatic nitrogens is 2. The SMILES string of the molecule is COc1c(NC(=O)C=Cc2cccc([N+](=O)[O-])c2)c(C)nn1C. The van der Waals surface area contributed by atoms with Gasteiger partial charge in [0.15, 0.2) is 0 Å². The van der Waals surface area contributed by atoms with Gasteiger partial charge in [-0.05, 0) is 18.6 Å². The van der Waals surface area contributed by atoms with E-state index in [-0.39, 0.29) is 11.6 Å². The molecule has 0 radical (unpaired) electrons. The van der Waals surface area contributed by atoms with E-state index >= 15 is 0 Å². The number of ether oxygens (including phenoxy) is 1. The Kier molecular flexibility index (Phi) is 4.75. The quantitative estimate of drug-likeness (QED) is 0.518. The van der Waals surface area contributed by atoms with Crippen LogP contribution in [0.1, 0.15) is 11.3 Å². The number of carbonyl (C=O) groups is 1. The van der Waals surface area contributed by atoms with Crippen LogP contribution in [0.25, 0.3) is 6.08 Å². The van der Waals surface area contributed by atoms with Crippen LogP contribution in [-0.4, -0.2) is 27.7 Å². The Morgan fingerprint density at radius 2 is 2.22 bits per heavy atom. The summed E-state index contributed by atoms with van der Waals surface area (Å²) < 4.78 is 6.71. The van der Waals surface area contributed by atoms with Crippen molar-refractivity contribution in [3.05, 3.63) is 51.7 Å². The number of amides is 1. The molecule has 1 heterocycles. The number of hydrogen-bond acceptors (Lipinski definition) is 5. The molecule has 0 bridgehead atoms. The van der Waals surface area contributed by atoms with Gasteiger partial charge in [-0.25, -0.2) is 4.68 Å². The molecule has 0 saturated carbocycles. The van der Waals surface area contributed by atoms with Gasteiger partial charge in [-0.2, -0.15) is 5.10 Å². The third kappa shape index (κ3) is 3.73. The van der Waals surface area contributed by atoms with Gasteiger partial charge >= 0.3 is 0 Å². The molecule has 1 aromatic heterocycles. The fraction of sp³-hybridized carbons (Fsp3) is 0.200. The Hall–Kier alpha value is -3.16. The third-order valence-corrected chi connectivity index (χ3v) is 3.12. The molecule has 0 saturated heterocycles. The van der Waals surface area contributed by atoms with E-state index in [0.717, 1.165) is 0 Å². The molecule has 0 aliphatic rings. The highest BCUT2D eigenvalue weighted by Gasteiger charge is 2.15. The van der Waals surface area contributed by atoms with Crippen LogP contribution in [0.3, 0.4) is 0 Å². The number of carbonyl (C=O) groups excluding carboxylic acids is 1. The zero-order valence-corrected chi connectivity index (χ0v) is 12.9. The summed E-state index contributed by atoms with van der Waals surface area (Å²) in [6.45, 7) is 1.75. The summed E-state index contributed by atoms with van der Waals surface area (Å²) in [5.74, 6) is 0.0607. The summed E-state index contributed by atoms with van der Waals surface area (Å²) in [5, 5.41) is 17.6. The van der Waals surface area contributed by atoms with Gasteiger partial charge in [0.1, 0.15) is 5.69 Å². The van der Waals surface area contributed by atoms with E-state index in [1.165, 1.54) is 36.1 Å². The summed E-state index contributed by atoms with van der Waals surface area (Å²) >= 11 is 0. The minimum atomic E-state index is -0.485. The number of nitro groups is 1. The van der Waals surface area contributed by atoms with Crippen LogP contribution in [0.4, 0.5) is 11.4 Å². The van der Waals surface area contributed by atoms with Crippen molar-refractivity contribution >= 4 is 23.4 Å². The van der Waals surface area contributed by atoms with Crippen LogP contribution >= 0.6 is 0 Å². The normalized spacial score (nSPS) is 10.7. The van der Waals surface area contributed by atoms with Crippen LogP contribution in [-0.2, 0) is 11.8 Å². The summed E-state index contributed by atoms with van der Waals surface area (Å²) in [6, 6.07) is 6.01. The highest BCUT2D eigenvalue weighted by Crippen LogP contribution is 2.26. The molecule has 23 heavy (non-hydrogen) atoms. The lowest BCUT2D eigenvalue weighted by atomic mass is 10.2. The van der Waals surface area contributed by atoms with E-state index in [1.54, 1.807) is 26.1 Å². The number of anilines is 1. The second kappa shape index (κ2) is 6.73. The van der Waals surface area contributed by atoms with E-state index in [0.29, 0.717) is 22.8 Å². The van der Waals surface area contributed by atoms with Gasteiger partial charge < -0.3 is 10.1 Å². The molecule has 0 fully saturated rings. The number of aryl methyl sites for hydroxylation is 2. The smallest absolute Gasteiger partial charge is 0.270 e. The molecule has 1 amide bonds. The highest BCUT2D eigenvalue weighted by molar-refractivity contribution is 6.03. The predicted molar refractivity (Wildman–Crippen MR) is 85.3 cm³/mol. The predicted octanol–water partition coefficient (Wildman–Crippen LogP) is 2.30. The first-order valence-electron chi connectivity index (χ1n) is 6.73. The van der Waals surface area contributed by atoms with E-state index in [9.17, 15) is 14.9 Å². The van der Waals surface area contributed by atoms with Gasteiger partial charge in [-0.15, -0.1) is 0 Å². The molecule has 2 aromatic rings. The monoisotopic (exact) mass is 316 g/mol.